The number of hydrogen-bond acceptors (Lipinski definition) is 2. The highest BCUT2D eigenvalue weighted by Gasteiger charge is 2.26. The molecule has 1 rings (SSSR count). The molecule has 0 aromatic heterocycles. The summed E-state index contributed by atoms with van der Waals surface area (Å²) in [6, 6.07) is 9.13. The number of aliphatic hydroxyl groups is 1. The van der Waals surface area contributed by atoms with Crippen LogP contribution in [0.1, 0.15) is 53.0 Å². The van der Waals surface area contributed by atoms with Crippen molar-refractivity contribution < 1.29 is 18.6 Å². The van der Waals surface area contributed by atoms with E-state index < -0.39 is 5.92 Å². The molecular weight excluding hydrogens is 370 g/mol. The molecule has 0 fully saturated rings. The molecule has 0 bridgehead atoms. The minimum Gasteiger partial charge on any atom is -0.508 e. The molecule has 0 amide bonds. The number of aliphatic hydroxyl groups excluding tert-OH is 1. The Kier molecular flexibility index (Phi) is 10.1. The summed E-state index contributed by atoms with van der Waals surface area (Å²) in [5.74, 6) is -2.76. The van der Waals surface area contributed by atoms with E-state index in [1.54, 1.807) is 6.08 Å². The Morgan fingerprint density at radius 2 is 1.76 bits per heavy atom. The van der Waals surface area contributed by atoms with E-state index in [0.29, 0.717) is 12.0 Å². The van der Waals surface area contributed by atoms with E-state index in [0.717, 1.165) is 30.1 Å². The molecule has 0 aliphatic rings. The fraction of sp³-hybridized carbons (Fsp3) is 0.360. The zero-order valence-electron chi connectivity index (χ0n) is 18.0. The van der Waals surface area contributed by atoms with Gasteiger partial charge in [-0.2, -0.15) is 0 Å². The molecule has 1 N–H and O–H groups in total. The Labute approximate surface area is 173 Å². The van der Waals surface area contributed by atoms with Crippen LogP contribution in [-0.4, -0.2) is 17.6 Å². The second kappa shape index (κ2) is 12.1. The topological polar surface area (TPSA) is 29.5 Å². The molecule has 0 saturated carbocycles. The van der Waals surface area contributed by atoms with E-state index >= 15 is 0 Å². The normalized spacial score (nSPS) is 14.9. The highest BCUT2D eigenvalue weighted by molar-refractivity contribution is 5.77. The molecule has 0 heterocycles. The van der Waals surface area contributed by atoms with E-state index in [1.807, 2.05) is 63.3 Å². The van der Waals surface area contributed by atoms with E-state index in [1.165, 1.54) is 19.3 Å². The fourth-order valence-corrected chi connectivity index (χ4v) is 2.59. The van der Waals surface area contributed by atoms with Crippen LogP contribution in [0.4, 0.5) is 8.78 Å². The van der Waals surface area contributed by atoms with Crippen molar-refractivity contribution >= 4 is 5.57 Å². The van der Waals surface area contributed by atoms with Crippen LogP contribution in [0.25, 0.3) is 5.57 Å². The van der Waals surface area contributed by atoms with Gasteiger partial charge in [-0.15, -0.1) is 0 Å². The van der Waals surface area contributed by atoms with Gasteiger partial charge in [-0.05, 0) is 49.0 Å². The molecule has 0 saturated heterocycles. The van der Waals surface area contributed by atoms with Gasteiger partial charge in [0, 0.05) is 18.6 Å². The van der Waals surface area contributed by atoms with E-state index in [-0.39, 0.29) is 17.9 Å². The van der Waals surface area contributed by atoms with Crippen LogP contribution >= 0.6 is 0 Å². The van der Waals surface area contributed by atoms with Gasteiger partial charge in [0.15, 0.2) is 0 Å². The highest BCUT2D eigenvalue weighted by Crippen LogP contribution is 2.32. The van der Waals surface area contributed by atoms with Crippen molar-refractivity contribution in [1.29, 1.82) is 0 Å². The van der Waals surface area contributed by atoms with Gasteiger partial charge in [0.25, 0.3) is 5.92 Å². The fourth-order valence-electron chi connectivity index (χ4n) is 2.59. The van der Waals surface area contributed by atoms with Crippen LogP contribution in [0.5, 0.6) is 0 Å². The van der Waals surface area contributed by atoms with E-state index in [9.17, 15) is 13.9 Å². The lowest BCUT2D eigenvalue weighted by Crippen LogP contribution is -2.13. The molecule has 0 atom stereocenters. The summed E-state index contributed by atoms with van der Waals surface area (Å²) >= 11 is 0. The molecule has 4 heteroatoms. The molecule has 0 aliphatic heterocycles. The van der Waals surface area contributed by atoms with Crippen LogP contribution in [-0.2, 0) is 4.74 Å². The Balaban J connectivity index is 2.97. The van der Waals surface area contributed by atoms with Crippen LogP contribution < -0.4 is 0 Å². The molecule has 0 radical (unpaired) electrons. The van der Waals surface area contributed by atoms with Crippen molar-refractivity contribution in [2.24, 2.45) is 0 Å². The van der Waals surface area contributed by atoms with Crippen molar-refractivity contribution in [1.82, 2.24) is 0 Å². The maximum absolute atomic E-state index is 13.9. The molecular formula is C25H32F2O2. The summed E-state index contributed by atoms with van der Waals surface area (Å²) in [6.07, 6.45) is 10.2. The smallest absolute Gasteiger partial charge is 0.267 e. The van der Waals surface area contributed by atoms with E-state index in [4.69, 9.17) is 4.74 Å². The average Bonchev–Trinajstić information content (AvgIpc) is 2.69. The monoisotopic (exact) mass is 402 g/mol. The molecule has 1 aromatic rings. The molecule has 1 aromatic carbocycles. The summed E-state index contributed by atoms with van der Waals surface area (Å²) in [5.41, 5.74) is 2.85. The predicted octanol–water partition coefficient (Wildman–Crippen LogP) is 7.78. The molecule has 29 heavy (non-hydrogen) atoms. The number of allylic oxidation sites excluding steroid dienone is 7. The van der Waals surface area contributed by atoms with Crippen LogP contribution in [0.15, 0.2) is 83.4 Å². The number of halogens is 2. The summed E-state index contributed by atoms with van der Waals surface area (Å²) in [4.78, 5) is 0. The van der Waals surface area contributed by atoms with E-state index in [2.05, 4.69) is 0 Å². The van der Waals surface area contributed by atoms with Crippen LogP contribution in [0, 0.1) is 0 Å². The number of alkyl halides is 2. The van der Waals surface area contributed by atoms with Gasteiger partial charge in [0.2, 0.25) is 0 Å². The Morgan fingerprint density at radius 3 is 2.31 bits per heavy atom. The van der Waals surface area contributed by atoms with Gasteiger partial charge in [0.05, 0.1) is 6.26 Å². The number of benzene rings is 1. The summed E-state index contributed by atoms with van der Waals surface area (Å²) in [7, 11) is 0. The van der Waals surface area contributed by atoms with Gasteiger partial charge in [-0.1, -0.05) is 62.4 Å². The Morgan fingerprint density at radius 1 is 1.10 bits per heavy atom. The first-order valence-corrected chi connectivity index (χ1v) is 9.89. The maximum atomic E-state index is 13.9. The lowest BCUT2D eigenvalue weighted by molar-refractivity contribution is 0.0643. The second-order valence-electron chi connectivity index (χ2n) is 6.97. The lowest BCUT2D eigenvalue weighted by Gasteiger charge is -2.16. The van der Waals surface area contributed by atoms with Crippen molar-refractivity contribution in [3.05, 3.63) is 88.9 Å². The molecule has 158 valence electrons. The second-order valence-corrected chi connectivity index (χ2v) is 6.97. The molecule has 0 aliphatic carbocycles. The standard InChI is InChI=1S/C25H32F2O2/c1-6-8-12-21(7-2)24(28)15-16-29-18-19(3)17-23(20(4)25(5,26)27)22-13-10-9-11-14-22/h8-17,28H,6-7,18H2,1-5H3/b12-8-,16-15+,19-17+,23-20-,24-21+. The number of rotatable bonds is 10. The molecule has 0 spiro atoms. The minimum absolute atomic E-state index is 0.00877. The van der Waals surface area contributed by atoms with Gasteiger partial charge in [-0.3, -0.25) is 0 Å². The molecule has 0 unspecified atom stereocenters. The van der Waals surface area contributed by atoms with Gasteiger partial charge in [-0.25, -0.2) is 8.78 Å². The number of hydrogen-bond donors (Lipinski definition) is 1. The van der Waals surface area contributed by atoms with Gasteiger partial charge < -0.3 is 9.84 Å². The Bertz CT molecular complexity index is 792. The third-order valence-corrected chi connectivity index (χ3v) is 4.44. The van der Waals surface area contributed by atoms with Crippen LogP contribution in [0.3, 0.4) is 0 Å². The average molecular weight is 403 g/mol. The zero-order valence-corrected chi connectivity index (χ0v) is 18.0. The number of ether oxygens (including phenoxy) is 1. The first-order chi connectivity index (χ1) is 13.7. The minimum atomic E-state index is -2.91. The third kappa shape index (κ3) is 8.51. The summed E-state index contributed by atoms with van der Waals surface area (Å²) in [6.45, 7) is 8.41. The van der Waals surface area contributed by atoms with Gasteiger partial charge >= 0.3 is 0 Å². The third-order valence-electron chi connectivity index (χ3n) is 4.44. The summed E-state index contributed by atoms with van der Waals surface area (Å²) in [5, 5.41) is 10.1. The van der Waals surface area contributed by atoms with Crippen LogP contribution in [0.2, 0.25) is 0 Å². The largest absolute Gasteiger partial charge is 0.508 e. The maximum Gasteiger partial charge on any atom is 0.267 e. The van der Waals surface area contributed by atoms with Crippen molar-refractivity contribution in [2.75, 3.05) is 6.61 Å². The predicted molar refractivity (Wildman–Crippen MR) is 118 cm³/mol. The Hall–Kier alpha value is -2.62. The first kappa shape index (κ1) is 24.4. The highest BCUT2D eigenvalue weighted by atomic mass is 19.3. The zero-order chi connectivity index (χ0) is 21.9. The SMILES string of the molecule is CC\C=C/C(CC)=C(O)\C=C\OC/C(C)=C/C(=C(\C)C(C)(F)F)c1ccccc1. The van der Waals surface area contributed by atoms with Crippen molar-refractivity contribution in [2.45, 2.75) is 53.4 Å². The van der Waals surface area contributed by atoms with Crippen molar-refractivity contribution in [3.8, 4) is 0 Å². The quantitative estimate of drug-likeness (QED) is 0.320. The lowest BCUT2D eigenvalue weighted by atomic mass is 9.95. The summed E-state index contributed by atoms with van der Waals surface area (Å²) < 4.78 is 33.3. The van der Waals surface area contributed by atoms with Gasteiger partial charge in [0.1, 0.15) is 12.4 Å². The molecule has 2 nitrogen and oxygen atoms in total. The first-order valence-electron chi connectivity index (χ1n) is 9.89. The van der Waals surface area contributed by atoms with Crippen molar-refractivity contribution in [3.63, 3.8) is 0 Å².